The zero-order valence-electron chi connectivity index (χ0n) is 14.9. The van der Waals surface area contributed by atoms with Crippen LogP contribution in [-0.4, -0.2) is 31.7 Å². The summed E-state index contributed by atoms with van der Waals surface area (Å²) in [6, 6.07) is 11.7. The largest absolute Gasteiger partial charge is 0.324 e. The Kier molecular flexibility index (Phi) is 6.89. The van der Waals surface area contributed by atoms with E-state index in [1.165, 1.54) is 4.31 Å². The first kappa shape index (κ1) is 21.4. The van der Waals surface area contributed by atoms with Crippen LogP contribution in [0, 0.1) is 5.92 Å². The van der Waals surface area contributed by atoms with E-state index in [0.29, 0.717) is 45.7 Å². The quantitative estimate of drug-likeness (QED) is 0.693. The van der Waals surface area contributed by atoms with Crippen LogP contribution in [0.4, 0.5) is 5.69 Å². The van der Waals surface area contributed by atoms with E-state index in [1.54, 1.807) is 42.5 Å². The SMILES string of the molecule is O=C(Nc1ccccc1Cl)[C@@H]1CCCN(S(=O)(=O)Cc2ccc(Cl)c(Cl)c2)C1. The van der Waals surface area contributed by atoms with E-state index in [1.807, 2.05) is 0 Å². The first-order valence-corrected chi connectivity index (χ1v) is 11.5. The molecular formula is C19H19Cl3N2O3S. The van der Waals surface area contributed by atoms with Gasteiger partial charge in [-0.05, 0) is 42.7 Å². The Balaban J connectivity index is 1.68. The molecule has 0 unspecified atom stereocenters. The van der Waals surface area contributed by atoms with Gasteiger partial charge >= 0.3 is 0 Å². The number of hydrogen-bond donors (Lipinski definition) is 1. The lowest BCUT2D eigenvalue weighted by atomic mass is 9.99. The average molecular weight is 462 g/mol. The molecule has 0 bridgehead atoms. The first-order valence-electron chi connectivity index (χ1n) is 8.73. The number of rotatable bonds is 5. The van der Waals surface area contributed by atoms with Crippen LogP contribution < -0.4 is 5.32 Å². The predicted octanol–water partition coefficient (Wildman–Crippen LogP) is 4.83. The highest BCUT2D eigenvalue weighted by Gasteiger charge is 2.32. The van der Waals surface area contributed by atoms with Crippen LogP contribution in [0.15, 0.2) is 42.5 Å². The van der Waals surface area contributed by atoms with E-state index in [4.69, 9.17) is 34.8 Å². The summed E-state index contributed by atoms with van der Waals surface area (Å²) < 4.78 is 27.0. The highest BCUT2D eigenvalue weighted by atomic mass is 35.5. The smallest absolute Gasteiger partial charge is 0.228 e. The summed E-state index contributed by atoms with van der Waals surface area (Å²) in [5.74, 6) is -0.862. The third kappa shape index (κ3) is 5.19. The average Bonchev–Trinajstić information content (AvgIpc) is 2.66. The summed E-state index contributed by atoms with van der Waals surface area (Å²) in [4.78, 5) is 12.6. The molecule has 1 saturated heterocycles. The molecule has 150 valence electrons. The van der Waals surface area contributed by atoms with Crippen LogP contribution in [0.5, 0.6) is 0 Å². The molecular weight excluding hydrogens is 443 g/mol. The predicted molar refractivity (Wildman–Crippen MR) is 113 cm³/mol. The highest BCUT2D eigenvalue weighted by molar-refractivity contribution is 7.88. The Bertz CT molecular complexity index is 982. The van der Waals surface area contributed by atoms with E-state index in [0.717, 1.165) is 0 Å². The Morgan fingerprint density at radius 2 is 1.82 bits per heavy atom. The van der Waals surface area contributed by atoms with Crippen molar-refractivity contribution in [3.63, 3.8) is 0 Å². The fraction of sp³-hybridized carbons (Fsp3) is 0.316. The lowest BCUT2D eigenvalue weighted by Gasteiger charge is -2.31. The number of nitrogens with zero attached hydrogens (tertiary/aromatic N) is 1. The number of nitrogens with one attached hydrogen (secondary N) is 1. The van der Waals surface area contributed by atoms with Gasteiger partial charge in [-0.25, -0.2) is 12.7 Å². The molecule has 1 atom stereocenters. The van der Waals surface area contributed by atoms with Gasteiger partial charge in [0.05, 0.1) is 32.4 Å². The number of amides is 1. The summed E-state index contributed by atoms with van der Waals surface area (Å²) in [6.45, 7) is 0.527. The van der Waals surface area contributed by atoms with Crippen molar-refractivity contribution in [3.05, 3.63) is 63.1 Å². The van der Waals surface area contributed by atoms with Gasteiger partial charge in [0, 0.05) is 13.1 Å². The number of carbonyl (C=O) groups excluding carboxylic acids is 1. The van der Waals surface area contributed by atoms with Crippen molar-refractivity contribution in [2.75, 3.05) is 18.4 Å². The standard InChI is InChI=1S/C19H19Cl3N2O3S/c20-15-8-7-13(10-17(15)22)12-28(26,27)24-9-3-4-14(11-24)19(25)23-18-6-2-1-5-16(18)21/h1-2,5-8,10,14H,3-4,9,11-12H2,(H,23,25)/t14-/m1/s1. The van der Waals surface area contributed by atoms with Gasteiger partial charge in [0.1, 0.15) is 0 Å². The molecule has 0 aliphatic carbocycles. The maximum atomic E-state index is 12.8. The van der Waals surface area contributed by atoms with Crippen LogP contribution in [0.1, 0.15) is 18.4 Å². The molecule has 0 saturated carbocycles. The summed E-state index contributed by atoms with van der Waals surface area (Å²) in [5, 5.41) is 3.91. The monoisotopic (exact) mass is 460 g/mol. The molecule has 1 fully saturated rings. The second kappa shape index (κ2) is 9.01. The molecule has 1 N–H and O–H groups in total. The van der Waals surface area contributed by atoms with E-state index in [2.05, 4.69) is 5.32 Å². The number of benzene rings is 2. The summed E-state index contributed by atoms with van der Waals surface area (Å²) in [5.41, 5.74) is 1.07. The van der Waals surface area contributed by atoms with Crippen molar-refractivity contribution in [3.8, 4) is 0 Å². The highest BCUT2D eigenvalue weighted by Crippen LogP contribution is 2.27. The fourth-order valence-electron chi connectivity index (χ4n) is 3.14. The molecule has 28 heavy (non-hydrogen) atoms. The Morgan fingerprint density at radius 3 is 2.54 bits per heavy atom. The molecule has 5 nitrogen and oxygen atoms in total. The zero-order chi connectivity index (χ0) is 20.3. The number of anilines is 1. The zero-order valence-corrected chi connectivity index (χ0v) is 18.0. The van der Waals surface area contributed by atoms with Crippen LogP contribution in [-0.2, 0) is 20.6 Å². The van der Waals surface area contributed by atoms with E-state index >= 15 is 0 Å². The molecule has 1 aliphatic rings. The Morgan fingerprint density at radius 1 is 1.07 bits per heavy atom. The van der Waals surface area contributed by atoms with Gasteiger partial charge in [-0.15, -0.1) is 0 Å². The maximum Gasteiger partial charge on any atom is 0.228 e. The normalized spacial score (nSPS) is 18.0. The number of halogens is 3. The molecule has 0 aromatic heterocycles. The molecule has 0 radical (unpaired) electrons. The van der Waals surface area contributed by atoms with Gasteiger partial charge in [0.15, 0.2) is 0 Å². The Hall–Kier alpha value is -1.31. The van der Waals surface area contributed by atoms with Crippen molar-refractivity contribution < 1.29 is 13.2 Å². The second-order valence-electron chi connectivity index (χ2n) is 6.67. The minimum atomic E-state index is -3.59. The number of hydrogen-bond acceptors (Lipinski definition) is 3. The molecule has 2 aromatic rings. The van der Waals surface area contributed by atoms with Crippen LogP contribution in [0.25, 0.3) is 0 Å². The Labute approximate surface area is 179 Å². The topological polar surface area (TPSA) is 66.5 Å². The third-order valence-corrected chi connectivity index (χ3v) is 7.50. The molecule has 9 heteroatoms. The molecule has 1 amide bonds. The summed E-state index contributed by atoms with van der Waals surface area (Å²) in [6.07, 6.45) is 1.23. The number of piperidine rings is 1. The number of sulfonamides is 1. The van der Waals surface area contributed by atoms with Crippen molar-refractivity contribution in [1.29, 1.82) is 0 Å². The lowest BCUT2D eigenvalue weighted by Crippen LogP contribution is -2.44. The van der Waals surface area contributed by atoms with E-state index in [9.17, 15) is 13.2 Å². The number of para-hydroxylation sites is 1. The van der Waals surface area contributed by atoms with Gasteiger partial charge in [0.25, 0.3) is 0 Å². The third-order valence-electron chi connectivity index (χ3n) is 4.61. The molecule has 0 spiro atoms. The van der Waals surface area contributed by atoms with Gasteiger partial charge in [-0.1, -0.05) is 53.0 Å². The fourth-order valence-corrected chi connectivity index (χ4v) is 5.24. The van der Waals surface area contributed by atoms with Crippen molar-refractivity contribution in [2.45, 2.75) is 18.6 Å². The van der Waals surface area contributed by atoms with Crippen LogP contribution in [0.3, 0.4) is 0 Å². The first-order chi connectivity index (χ1) is 13.3. The van der Waals surface area contributed by atoms with Gasteiger partial charge in [-0.2, -0.15) is 0 Å². The maximum absolute atomic E-state index is 12.8. The van der Waals surface area contributed by atoms with Gasteiger partial charge < -0.3 is 5.32 Å². The van der Waals surface area contributed by atoms with E-state index in [-0.39, 0.29) is 18.2 Å². The summed E-state index contributed by atoms with van der Waals surface area (Å²) >= 11 is 17.9. The number of carbonyl (C=O) groups is 1. The molecule has 1 heterocycles. The molecule has 1 aliphatic heterocycles. The summed E-state index contributed by atoms with van der Waals surface area (Å²) in [7, 11) is -3.59. The van der Waals surface area contributed by atoms with Crippen molar-refractivity contribution in [1.82, 2.24) is 4.31 Å². The lowest BCUT2D eigenvalue weighted by molar-refractivity contribution is -0.120. The van der Waals surface area contributed by atoms with Crippen molar-refractivity contribution >= 4 is 56.4 Å². The molecule has 2 aromatic carbocycles. The van der Waals surface area contributed by atoms with Crippen LogP contribution >= 0.6 is 34.8 Å². The minimum Gasteiger partial charge on any atom is -0.324 e. The molecule has 3 rings (SSSR count). The minimum absolute atomic E-state index is 0.139. The van der Waals surface area contributed by atoms with E-state index < -0.39 is 15.9 Å². The van der Waals surface area contributed by atoms with Crippen LogP contribution in [0.2, 0.25) is 15.1 Å². The second-order valence-corrected chi connectivity index (χ2v) is 9.86. The van der Waals surface area contributed by atoms with Crippen molar-refractivity contribution in [2.24, 2.45) is 5.92 Å². The van der Waals surface area contributed by atoms with Gasteiger partial charge in [-0.3, -0.25) is 4.79 Å². The van der Waals surface area contributed by atoms with Gasteiger partial charge in [0.2, 0.25) is 15.9 Å².